The van der Waals surface area contributed by atoms with Gasteiger partial charge in [-0.25, -0.2) is 0 Å². The lowest BCUT2D eigenvalue weighted by Gasteiger charge is -2.22. The maximum absolute atomic E-state index is 3.81. The predicted molar refractivity (Wildman–Crippen MR) is 70.5 cm³/mol. The SMILES string of the molecule is C=CCN(CCN(C)C)Cc1ccccc1. The molecule has 1 rings (SSSR count). The van der Waals surface area contributed by atoms with Crippen LogP contribution in [0.1, 0.15) is 5.56 Å². The number of hydrogen-bond acceptors (Lipinski definition) is 2. The largest absolute Gasteiger partial charge is 0.308 e. The minimum Gasteiger partial charge on any atom is -0.308 e. The highest BCUT2D eigenvalue weighted by Gasteiger charge is 2.04. The minimum absolute atomic E-state index is 0.947. The summed E-state index contributed by atoms with van der Waals surface area (Å²) in [6.07, 6.45) is 1.97. The van der Waals surface area contributed by atoms with Gasteiger partial charge >= 0.3 is 0 Å². The highest BCUT2D eigenvalue weighted by molar-refractivity contribution is 5.14. The van der Waals surface area contributed by atoms with E-state index < -0.39 is 0 Å². The zero-order valence-corrected chi connectivity index (χ0v) is 10.4. The van der Waals surface area contributed by atoms with Crippen molar-refractivity contribution >= 4 is 0 Å². The van der Waals surface area contributed by atoms with E-state index >= 15 is 0 Å². The summed E-state index contributed by atoms with van der Waals surface area (Å²) in [6, 6.07) is 10.6. The van der Waals surface area contributed by atoms with Gasteiger partial charge in [-0.2, -0.15) is 0 Å². The van der Waals surface area contributed by atoms with Crippen molar-refractivity contribution in [2.75, 3.05) is 33.7 Å². The lowest BCUT2D eigenvalue weighted by atomic mass is 10.2. The van der Waals surface area contributed by atoms with Gasteiger partial charge in [0.05, 0.1) is 0 Å². The second-order valence-corrected chi connectivity index (χ2v) is 4.31. The molecule has 0 aliphatic heterocycles. The molecular weight excluding hydrogens is 196 g/mol. The molecule has 2 nitrogen and oxygen atoms in total. The fraction of sp³-hybridized carbons (Fsp3) is 0.429. The summed E-state index contributed by atoms with van der Waals surface area (Å²) < 4.78 is 0. The average Bonchev–Trinajstić information content (AvgIpc) is 2.27. The molecule has 0 saturated heterocycles. The summed E-state index contributed by atoms with van der Waals surface area (Å²) in [5.74, 6) is 0. The number of rotatable bonds is 7. The van der Waals surface area contributed by atoms with E-state index in [1.807, 2.05) is 6.08 Å². The van der Waals surface area contributed by atoms with Gasteiger partial charge in [0.2, 0.25) is 0 Å². The summed E-state index contributed by atoms with van der Waals surface area (Å²) in [4.78, 5) is 4.61. The van der Waals surface area contributed by atoms with Crippen LogP contribution in [0.2, 0.25) is 0 Å². The standard InChI is InChI=1S/C14H22N2/c1-4-10-16(12-11-15(2)3)13-14-8-6-5-7-9-14/h4-9H,1,10-13H2,2-3H3. The molecule has 0 atom stereocenters. The molecule has 88 valence electrons. The van der Waals surface area contributed by atoms with E-state index in [9.17, 15) is 0 Å². The van der Waals surface area contributed by atoms with E-state index in [1.54, 1.807) is 0 Å². The van der Waals surface area contributed by atoms with Gasteiger partial charge in [-0.1, -0.05) is 36.4 Å². The van der Waals surface area contributed by atoms with Crippen LogP contribution in [0.4, 0.5) is 0 Å². The van der Waals surface area contributed by atoms with Crippen molar-refractivity contribution in [1.29, 1.82) is 0 Å². The fourth-order valence-corrected chi connectivity index (χ4v) is 1.60. The smallest absolute Gasteiger partial charge is 0.0237 e. The molecule has 0 amide bonds. The Labute approximate surface area is 99.2 Å². The molecule has 0 aliphatic carbocycles. The van der Waals surface area contributed by atoms with Crippen LogP contribution < -0.4 is 0 Å². The van der Waals surface area contributed by atoms with Crippen molar-refractivity contribution in [2.24, 2.45) is 0 Å². The summed E-state index contributed by atoms with van der Waals surface area (Å²) in [6.45, 7) is 7.92. The van der Waals surface area contributed by atoms with Crippen LogP contribution in [-0.4, -0.2) is 43.5 Å². The van der Waals surface area contributed by atoms with E-state index in [2.05, 4.69) is 60.8 Å². The number of nitrogens with zero attached hydrogens (tertiary/aromatic N) is 2. The molecule has 2 heteroatoms. The molecule has 16 heavy (non-hydrogen) atoms. The van der Waals surface area contributed by atoms with Gasteiger partial charge in [-0.05, 0) is 19.7 Å². The first-order chi connectivity index (χ1) is 7.72. The van der Waals surface area contributed by atoms with E-state index in [0.717, 1.165) is 26.2 Å². The molecule has 0 fully saturated rings. The highest BCUT2D eigenvalue weighted by atomic mass is 15.2. The highest BCUT2D eigenvalue weighted by Crippen LogP contribution is 2.04. The summed E-state index contributed by atoms with van der Waals surface area (Å²) in [7, 11) is 4.21. The third-order valence-corrected chi connectivity index (χ3v) is 2.50. The monoisotopic (exact) mass is 218 g/mol. The van der Waals surface area contributed by atoms with E-state index in [-0.39, 0.29) is 0 Å². The first-order valence-corrected chi connectivity index (χ1v) is 5.74. The normalized spacial score (nSPS) is 11.0. The Hall–Kier alpha value is -1.12. The lowest BCUT2D eigenvalue weighted by Crippen LogP contribution is -2.31. The molecule has 0 heterocycles. The Morgan fingerprint density at radius 1 is 1.12 bits per heavy atom. The van der Waals surface area contributed by atoms with Gasteiger partial charge in [-0.15, -0.1) is 6.58 Å². The van der Waals surface area contributed by atoms with Gasteiger partial charge in [0, 0.05) is 26.2 Å². The van der Waals surface area contributed by atoms with Crippen molar-refractivity contribution in [3.05, 3.63) is 48.6 Å². The number of benzene rings is 1. The summed E-state index contributed by atoms with van der Waals surface area (Å²) >= 11 is 0. The van der Waals surface area contributed by atoms with Crippen molar-refractivity contribution in [1.82, 2.24) is 9.80 Å². The van der Waals surface area contributed by atoms with Gasteiger partial charge in [-0.3, -0.25) is 4.90 Å². The maximum atomic E-state index is 3.81. The topological polar surface area (TPSA) is 6.48 Å². The van der Waals surface area contributed by atoms with Gasteiger partial charge in [0.15, 0.2) is 0 Å². The van der Waals surface area contributed by atoms with Gasteiger partial charge < -0.3 is 4.90 Å². The minimum atomic E-state index is 0.947. The molecule has 0 N–H and O–H groups in total. The van der Waals surface area contributed by atoms with E-state index in [1.165, 1.54) is 5.56 Å². The Balaban J connectivity index is 2.47. The second kappa shape index (κ2) is 7.20. The zero-order chi connectivity index (χ0) is 11.8. The van der Waals surface area contributed by atoms with Gasteiger partial charge in [0.25, 0.3) is 0 Å². The third-order valence-electron chi connectivity index (χ3n) is 2.50. The molecule has 0 bridgehead atoms. The molecule has 1 aromatic rings. The van der Waals surface area contributed by atoms with Crippen molar-refractivity contribution in [3.8, 4) is 0 Å². The predicted octanol–water partition coefficient (Wildman–Crippen LogP) is 2.24. The molecule has 0 aliphatic rings. The Kier molecular flexibility index (Phi) is 5.83. The van der Waals surface area contributed by atoms with E-state index in [4.69, 9.17) is 0 Å². The summed E-state index contributed by atoms with van der Waals surface area (Å²) in [5.41, 5.74) is 1.36. The molecule has 0 aromatic heterocycles. The van der Waals surface area contributed by atoms with Crippen LogP contribution in [0.5, 0.6) is 0 Å². The molecule has 0 unspecified atom stereocenters. The molecule has 0 spiro atoms. The van der Waals surface area contributed by atoms with Crippen molar-refractivity contribution < 1.29 is 0 Å². The second-order valence-electron chi connectivity index (χ2n) is 4.31. The lowest BCUT2D eigenvalue weighted by molar-refractivity contribution is 0.254. The average molecular weight is 218 g/mol. The van der Waals surface area contributed by atoms with Crippen molar-refractivity contribution in [3.63, 3.8) is 0 Å². The fourth-order valence-electron chi connectivity index (χ4n) is 1.60. The maximum Gasteiger partial charge on any atom is 0.0237 e. The van der Waals surface area contributed by atoms with Crippen molar-refractivity contribution in [2.45, 2.75) is 6.54 Å². The molecule has 1 aromatic carbocycles. The van der Waals surface area contributed by atoms with Crippen LogP contribution in [0.3, 0.4) is 0 Å². The Bertz CT molecular complexity index is 293. The first kappa shape index (κ1) is 12.9. The van der Waals surface area contributed by atoms with Crippen LogP contribution in [0.25, 0.3) is 0 Å². The Morgan fingerprint density at radius 3 is 2.38 bits per heavy atom. The van der Waals surface area contributed by atoms with E-state index in [0.29, 0.717) is 0 Å². The first-order valence-electron chi connectivity index (χ1n) is 5.74. The molecule has 0 saturated carbocycles. The van der Waals surface area contributed by atoms with Crippen LogP contribution >= 0.6 is 0 Å². The van der Waals surface area contributed by atoms with Crippen LogP contribution in [0.15, 0.2) is 43.0 Å². The molecule has 0 radical (unpaired) electrons. The number of likely N-dealkylation sites (N-methyl/N-ethyl adjacent to an activating group) is 1. The van der Waals surface area contributed by atoms with Gasteiger partial charge in [0.1, 0.15) is 0 Å². The number of hydrogen-bond donors (Lipinski definition) is 0. The Morgan fingerprint density at radius 2 is 1.81 bits per heavy atom. The molecular formula is C14H22N2. The quantitative estimate of drug-likeness (QED) is 0.648. The van der Waals surface area contributed by atoms with Crippen LogP contribution in [-0.2, 0) is 6.54 Å². The zero-order valence-electron chi connectivity index (χ0n) is 10.4. The third kappa shape index (κ3) is 5.10. The summed E-state index contributed by atoms with van der Waals surface area (Å²) in [5, 5.41) is 0. The van der Waals surface area contributed by atoms with Crippen LogP contribution in [0, 0.1) is 0 Å².